The summed E-state index contributed by atoms with van der Waals surface area (Å²) in [6, 6.07) is 0. The van der Waals surface area contributed by atoms with Crippen molar-refractivity contribution in [2.24, 2.45) is 0 Å². The lowest BCUT2D eigenvalue weighted by Gasteiger charge is -2.21. The lowest BCUT2D eigenvalue weighted by Crippen LogP contribution is -2.30. The standard InChI is InChI=1S/C9H23NO6P2S/c1-9(2,3)19-7-5-4-6-10-8(17(11,12)13)18(14,15)16/h8,10H,4-7H2,1-3H3,(H2,11,12,13)(H2,14,15,16). The molecule has 0 spiro atoms. The van der Waals surface area contributed by atoms with Crippen LogP contribution < -0.4 is 5.32 Å². The van der Waals surface area contributed by atoms with E-state index in [1.807, 2.05) is 0 Å². The van der Waals surface area contributed by atoms with Crippen LogP contribution in [0, 0.1) is 0 Å². The minimum atomic E-state index is -4.86. The van der Waals surface area contributed by atoms with E-state index in [0.29, 0.717) is 6.42 Å². The Morgan fingerprint density at radius 2 is 1.53 bits per heavy atom. The van der Waals surface area contributed by atoms with E-state index in [2.05, 4.69) is 26.1 Å². The molecule has 5 N–H and O–H groups in total. The summed E-state index contributed by atoms with van der Waals surface area (Å²) in [6.45, 7) is 6.43. The third kappa shape index (κ3) is 10.0. The van der Waals surface area contributed by atoms with Crippen molar-refractivity contribution in [3.63, 3.8) is 0 Å². The zero-order chi connectivity index (χ0) is 15.3. The van der Waals surface area contributed by atoms with Crippen LogP contribution in [0.4, 0.5) is 0 Å². The number of unbranched alkanes of at least 4 members (excludes halogenated alkanes) is 1. The fraction of sp³-hybridized carbons (Fsp3) is 1.00. The maximum atomic E-state index is 11.0. The van der Waals surface area contributed by atoms with Crippen LogP contribution in [0.15, 0.2) is 0 Å². The van der Waals surface area contributed by atoms with Gasteiger partial charge in [-0.15, -0.1) is 0 Å². The van der Waals surface area contributed by atoms with Gasteiger partial charge in [0.05, 0.1) is 0 Å². The molecular weight excluding hydrogens is 312 g/mol. The molecule has 0 aliphatic rings. The van der Waals surface area contributed by atoms with Crippen LogP contribution in [0.25, 0.3) is 0 Å². The molecule has 0 fully saturated rings. The maximum Gasteiger partial charge on any atom is 0.354 e. The molecule has 0 unspecified atom stereocenters. The highest BCUT2D eigenvalue weighted by Crippen LogP contribution is 2.58. The van der Waals surface area contributed by atoms with Gasteiger partial charge in [0.1, 0.15) is 0 Å². The van der Waals surface area contributed by atoms with Crippen LogP contribution >= 0.6 is 27.0 Å². The SMILES string of the molecule is CC(C)(C)SCCCCNC(P(=O)(O)O)P(=O)(O)O. The van der Waals surface area contributed by atoms with Crippen LogP contribution in [0.2, 0.25) is 0 Å². The predicted molar refractivity (Wildman–Crippen MR) is 77.3 cm³/mol. The Morgan fingerprint density at radius 1 is 1.05 bits per heavy atom. The van der Waals surface area contributed by atoms with Gasteiger partial charge >= 0.3 is 15.2 Å². The molecule has 0 bridgehead atoms. The van der Waals surface area contributed by atoms with Crippen LogP contribution in [0.5, 0.6) is 0 Å². The molecule has 0 radical (unpaired) electrons. The van der Waals surface area contributed by atoms with Crippen LogP contribution in [-0.4, -0.2) is 42.1 Å². The molecule has 0 heterocycles. The molecule has 10 heteroatoms. The molecule has 0 rings (SSSR count). The summed E-state index contributed by atoms with van der Waals surface area (Å²) >= 11 is 1.77. The van der Waals surface area contributed by atoms with Gasteiger partial charge in [-0.05, 0) is 25.1 Å². The van der Waals surface area contributed by atoms with E-state index >= 15 is 0 Å². The number of rotatable bonds is 8. The van der Waals surface area contributed by atoms with Gasteiger partial charge in [-0.2, -0.15) is 11.8 Å². The molecule has 0 atom stereocenters. The van der Waals surface area contributed by atoms with Crippen LogP contribution in [0.3, 0.4) is 0 Å². The molecule has 0 aromatic heterocycles. The number of thioether (sulfide) groups is 1. The van der Waals surface area contributed by atoms with Gasteiger partial charge in [-0.25, -0.2) is 0 Å². The second-order valence-corrected chi connectivity index (χ2v) is 10.9. The summed E-state index contributed by atoms with van der Waals surface area (Å²) in [7, 11) is -9.72. The van der Waals surface area contributed by atoms with Crippen molar-refractivity contribution in [2.45, 2.75) is 43.9 Å². The van der Waals surface area contributed by atoms with E-state index < -0.39 is 20.7 Å². The molecule has 116 valence electrons. The third-order valence-corrected chi connectivity index (χ3v) is 6.87. The first-order valence-electron chi connectivity index (χ1n) is 5.82. The highest BCUT2D eigenvalue weighted by atomic mass is 32.2. The predicted octanol–water partition coefficient (Wildman–Crippen LogP) is 1.53. The molecular formula is C9H23NO6P2S. The number of nitrogens with one attached hydrogen (secondary N) is 1. The largest absolute Gasteiger partial charge is 0.354 e. The summed E-state index contributed by atoms with van der Waals surface area (Å²) < 4.78 is 22.1. The Kier molecular flexibility index (Phi) is 7.81. The monoisotopic (exact) mass is 335 g/mol. The van der Waals surface area contributed by atoms with E-state index in [9.17, 15) is 9.13 Å². The summed E-state index contributed by atoms with van der Waals surface area (Å²) in [5, 5.41) is 2.26. The van der Waals surface area contributed by atoms with Gasteiger partial charge in [-0.1, -0.05) is 20.8 Å². The van der Waals surface area contributed by atoms with Gasteiger partial charge in [0.15, 0.2) is 0 Å². The zero-order valence-electron chi connectivity index (χ0n) is 11.3. The van der Waals surface area contributed by atoms with E-state index in [1.54, 1.807) is 11.8 Å². The van der Waals surface area contributed by atoms with E-state index in [-0.39, 0.29) is 11.3 Å². The Hall–Kier alpha value is 0.610. The second kappa shape index (κ2) is 7.57. The molecule has 0 aliphatic carbocycles. The van der Waals surface area contributed by atoms with Crippen molar-refractivity contribution in [1.82, 2.24) is 5.32 Å². The highest BCUT2D eigenvalue weighted by Gasteiger charge is 2.42. The van der Waals surface area contributed by atoms with Gasteiger partial charge in [-0.3, -0.25) is 14.4 Å². The number of hydrogen-bond donors (Lipinski definition) is 5. The molecule has 0 aromatic rings. The Bertz CT molecular complexity index is 338. The van der Waals surface area contributed by atoms with Crippen molar-refractivity contribution in [3.8, 4) is 0 Å². The first-order chi connectivity index (χ1) is 8.34. The van der Waals surface area contributed by atoms with Crippen LogP contribution in [-0.2, 0) is 9.13 Å². The fourth-order valence-electron chi connectivity index (χ4n) is 1.27. The summed E-state index contributed by atoms with van der Waals surface area (Å²) in [6.07, 6.45) is 1.41. The zero-order valence-corrected chi connectivity index (χ0v) is 13.9. The summed E-state index contributed by atoms with van der Waals surface area (Å²) in [5.74, 6) is 0.891. The average molecular weight is 335 g/mol. The third-order valence-electron chi connectivity index (χ3n) is 2.07. The highest BCUT2D eigenvalue weighted by molar-refractivity contribution is 8.00. The van der Waals surface area contributed by atoms with Crippen molar-refractivity contribution < 1.29 is 28.7 Å². The van der Waals surface area contributed by atoms with E-state index in [1.165, 1.54) is 0 Å². The van der Waals surface area contributed by atoms with Crippen LogP contribution in [0.1, 0.15) is 33.6 Å². The number of hydrogen-bond acceptors (Lipinski definition) is 4. The first-order valence-corrected chi connectivity index (χ1v) is 10.2. The molecule has 0 aliphatic heterocycles. The second-order valence-electron chi connectivity index (χ2n) is 5.17. The van der Waals surface area contributed by atoms with Gasteiger partial charge < -0.3 is 19.6 Å². The van der Waals surface area contributed by atoms with Crippen molar-refractivity contribution in [1.29, 1.82) is 0 Å². The van der Waals surface area contributed by atoms with Gasteiger partial charge in [0.2, 0.25) is 5.52 Å². The maximum absolute atomic E-state index is 11.0. The fourth-order valence-corrected chi connectivity index (χ4v) is 4.53. The quantitative estimate of drug-likeness (QED) is 0.334. The minimum absolute atomic E-state index is 0.158. The molecule has 19 heavy (non-hydrogen) atoms. The van der Waals surface area contributed by atoms with E-state index in [0.717, 1.165) is 12.2 Å². The minimum Gasteiger partial charge on any atom is -0.323 e. The molecule has 0 saturated heterocycles. The topological polar surface area (TPSA) is 127 Å². The Morgan fingerprint density at radius 3 is 1.89 bits per heavy atom. The van der Waals surface area contributed by atoms with E-state index in [4.69, 9.17) is 19.6 Å². The normalized spacial score (nSPS) is 14.1. The average Bonchev–Trinajstić information content (AvgIpc) is 2.10. The summed E-state index contributed by atoms with van der Waals surface area (Å²) in [5.41, 5.74) is -2.10. The first kappa shape index (κ1) is 19.6. The lowest BCUT2D eigenvalue weighted by atomic mass is 10.3. The molecule has 7 nitrogen and oxygen atoms in total. The Balaban J connectivity index is 4.04. The lowest BCUT2D eigenvalue weighted by molar-refractivity contribution is 0.327. The Labute approximate surface area is 117 Å². The smallest absolute Gasteiger partial charge is 0.323 e. The molecule has 0 aromatic carbocycles. The van der Waals surface area contributed by atoms with Crippen molar-refractivity contribution in [2.75, 3.05) is 12.3 Å². The van der Waals surface area contributed by atoms with Gasteiger partial charge in [0, 0.05) is 4.75 Å². The van der Waals surface area contributed by atoms with Gasteiger partial charge in [0.25, 0.3) is 0 Å². The molecule has 0 amide bonds. The van der Waals surface area contributed by atoms with Crippen molar-refractivity contribution in [3.05, 3.63) is 0 Å². The molecule has 0 saturated carbocycles. The summed E-state index contributed by atoms with van der Waals surface area (Å²) in [4.78, 5) is 35.5. The van der Waals surface area contributed by atoms with Crippen molar-refractivity contribution >= 4 is 27.0 Å².